The number of carbonyl (C=O) groups excluding carboxylic acids is 2. The molecule has 0 aliphatic carbocycles. The van der Waals surface area contributed by atoms with E-state index in [2.05, 4.69) is 29.2 Å². The summed E-state index contributed by atoms with van der Waals surface area (Å²) in [6.45, 7) is 10.6. The second-order valence-corrected chi connectivity index (χ2v) is 7.93. The smallest absolute Gasteiger partial charge is 0.276 e. The van der Waals surface area contributed by atoms with Gasteiger partial charge in [0.05, 0.1) is 5.56 Å². The molecule has 1 aliphatic rings. The van der Waals surface area contributed by atoms with Gasteiger partial charge in [-0.05, 0) is 45.7 Å². The quantitative estimate of drug-likeness (QED) is 0.839. The summed E-state index contributed by atoms with van der Waals surface area (Å²) in [7, 11) is 0. The second kappa shape index (κ2) is 7.20. The van der Waals surface area contributed by atoms with Crippen LogP contribution < -0.4 is 11.1 Å². The van der Waals surface area contributed by atoms with E-state index in [1.807, 2.05) is 13.8 Å². The molecule has 2 aromatic heterocycles. The third-order valence-electron chi connectivity index (χ3n) is 4.80. The van der Waals surface area contributed by atoms with Crippen LogP contribution >= 0.6 is 11.3 Å². The van der Waals surface area contributed by atoms with Crippen molar-refractivity contribution in [3.05, 3.63) is 33.5 Å². The van der Waals surface area contributed by atoms with Gasteiger partial charge in [-0.1, -0.05) is 0 Å². The van der Waals surface area contributed by atoms with Crippen LogP contribution in [0, 0.1) is 6.92 Å². The largest absolute Gasteiger partial charge is 0.365 e. The van der Waals surface area contributed by atoms with Gasteiger partial charge in [-0.15, -0.1) is 11.3 Å². The van der Waals surface area contributed by atoms with Crippen LogP contribution in [0.5, 0.6) is 0 Å². The molecule has 0 atom stereocenters. The Morgan fingerprint density at radius 2 is 2.15 bits per heavy atom. The maximum absolute atomic E-state index is 12.6. The van der Waals surface area contributed by atoms with E-state index in [0.717, 1.165) is 35.6 Å². The molecule has 0 bridgehead atoms. The molecule has 3 heterocycles. The van der Waals surface area contributed by atoms with E-state index in [4.69, 9.17) is 5.73 Å². The fourth-order valence-electron chi connectivity index (χ4n) is 3.32. The number of aryl methyl sites for hydroxylation is 2. The lowest BCUT2D eigenvalue weighted by atomic mass is 10.0. The number of amides is 2. The SMILES string of the molecule is CCn1nc(C(=O)Nc2sc3c(c2C(N)=O)CCN(C(C)C)C3)cc1C. The van der Waals surface area contributed by atoms with Crippen LogP contribution in [0.25, 0.3) is 0 Å². The molecule has 0 spiro atoms. The molecule has 2 aromatic rings. The van der Waals surface area contributed by atoms with Gasteiger partial charge in [0, 0.05) is 36.2 Å². The number of thiophene rings is 1. The summed E-state index contributed by atoms with van der Waals surface area (Å²) in [6.07, 6.45) is 0.766. The first-order valence-corrected chi connectivity index (χ1v) is 9.67. The van der Waals surface area contributed by atoms with E-state index >= 15 is 0 Å². The monoisotopic (exact) mass is 375 g/mol. The second-order valence-electron chi connectivity index (χ2n) is 6.83. The van der Waals surface area contributed by atoms with Crippen LogP contribution in [0.3, 0.4) is 0 Å². The Bertz CT molecular complexity index is 852. The number of fused-ring (bicyclic) bond motifs is 1. The van der Waals surface area contributed by atoms with Crippen LogP contribution in [0.4, 0.5) is 5.00 Å². The molecule has 140 valence electrons. The van der Waals surface area contributed by atoms with E-state index in [1.165, 1.54) is 11.3 Å². The van der Waals surface area contributed by atoms with E-state index in [0.29, 0.717) is 28.8 Å². The number of primary amides is 1. The van der Waals surface area contributed by atoms with Crippen molar-refractivity contribution in [2.24, 2.45) is 5.73 Å². The highest BCUT2D eigenvalue weighted by Crippen LogP contribution is 2.37. The minimum absolute atomic E-state index is 0.317. The van der Waals surface area contributed by atoms with Crippen LogP contribution in [0.2, 0.25) is 0 Å². The topological polar surface area (TPSA) is 93.2 Å². The molecule has 0 saturated carbocycles. The summed E-state index contributed by atoms with van der Waals surface area (Å²) < 4.78 is 1.77. The fourth-order valence-corrected chi connectivity index (χ4v) is 4.59. The number of carbonyl (C=O) groups is 2. The molecule has 0 fully saturated rings. The standard InChI is InChI=1S/C18H25N5O2S/c1-5-23-11(4)8-13(21-23)17(25)20-18-15(16(19)24)12-6-7-22(10(2)3)9-14(12)26-18/h8,10H,5-7,9H2,1-4H3,(H2,19,24)(H,20,25). The lowest BCUT2D eigenvalue weighted by Gasteiger charge is -2.30. The normalized spacial score (nSPS) is 14.5. The van der Waals surface area contributed by atoms with Crippen molar-refractivity contribution in [2.45, 2.75) is 53.2 Å². The predicted octanol–water partition coefficient (Wildman–Crippen LogP) is 2.39. The Morgan fingerprint density at radius 3 is 2.73 bits per heavy atom. The van der Waals surface area contributed by atoms with E-state index in [1.54, 1.807) is 10.7 Å². The van der Waals surface area contributed by atoms with E-state index in [9.17, 15) is 9.59 Å². The number of hydrogen-bond acceptors (Lipinski definition) is 5. The molecular formula is C18H25N5O2S. The first-order chi connectivity index (χ1) is 12.3. The number of rotatable bonds is 5. The van der Waals surface area contributed by atoms with E-state index < -0.39 is 5.91 Å². The molecule has 0 radical (unpaired) electrons. The van der Waals surface area contributed by atoms with Gasteiger partial charge in [0.1, 0.15) is 5.00 Å². The molecule has 1 aliphatic heterocycles. The summed E-state index contributed by atoms with van der Waals surface area (Å²) >= 11 is 1.44. The average molecular weight is 375 g/mol. The third-order valence-corrected chi connectivity index (χ3v) is 5.94. The number of aromatic nitrogens is 2. The van der Waals surface area contributed by atoms with Crippen molar-refractivity contribution in [1.82, 2.24) is 14.7 Å². The third kappa shape index (κ3) is 3.39. The first kappa shape index (κ1) is 18.6. The van der Waals surface area contributed by atoms with Gasteiger partial charge < -0.3 is 11.1 Å². The maximum Gasteiger partial charge on any atom is 0.276 e. The first-order valence-electron chi connectivity index (χ1n) is 8.86. The van der Waals surface area contributed by atoms with Gasteiger partial charge in [0.15, 0.2) is 5.69 Å². The van der Waals surface area contributed by atoms with Gasteiger partial charge in [-0.2, -0.15) is 5.10 Å². The molecule has 0 aromatic carbocycles. The van der Waals surface area contributed by atoms with Crippen molar-refractivity contribution in [3.63, 3.8) is 0 Å². The van der Waals surface area contributed by atoms with Crippen LogP contribution in [0.15, 0.2) is 6.07 Å². The van der Waals surface area contributed by atoms with Gasteiger partial charge in [0.25, 0.3) is 11.8 Å². The lowest BCUT2D eigenvalue weighted by molar-refractivity contribution is 0.0999. The number of hydrogen-bond donors (Lipinski definition) is 2. The minimum atomic E-state index is -0.494. The summed E-state index contributed by atoms with van der Waals surface area (Å²) in [5.74, 6) is -0.812. The van der Waals surface area contributed by atoms with Gasteiger partial charge >= 0.3 is 0 Å². The van der Waals surface area contributed by atoms with Crippen molar-refractivity contribution in [2.75, 3.05) is 11.9 Å². The molecule has 8 heteroatoms. The zero-order chi connectivity index (χ0) is 19.0. The summed E-state index contributed by atoms with van der Waals surface area (Å²) in [6, 6.07) is 2.18. The predicted molar refractivity (Wildman–Crippen MR) is 103 cm³/mol. The molecular weight excluding hydrogens is 350 g/mol. The Morgan fingerprint density at radius 1 is 1.42 bits per heavy atom. The van der Waals surface area contributed by atoms with Crippen molar-refractivity contribution >= 4 is 28.2 Å². The lowest BCUT2D eigenvalue weighted by Crippen LogP contribution is -2.35. The van der Waals surface area contributed by atoms with Crippen LogP contribution in [-0.2, 0) is 19.5 Å². The van der Waals surface area contributed by atoms with Crippen LogP contribution in [0.1, 0.15) is 57.8 Å². The molecule has 0 unspecified atom stereocenters. The Labute approximate surface area is 157 Å². The molecule has 26 heavy (non-hydrogen) atoms. The van der Waals surface area contributed by atoms with Crippen molar-refractivity contribution in [3.8, 4) is 0 Å². The summed E-state index contributed by atoms with van der Waals surface area (Å²) in [5, 5.41) is 7.69. The average Bonchev–Trinajstić information content (AvgIpc) is 3.13. The maximum atomic E-state index is 12.6. The molecule has 7 nitrogen and oxygen atoms in total. The number of nitrogens with one attached hydrogen (secondary N) is 1. The summed E-state index contributed by atoms with van der Waals surface area (Å²) in [5.41, 5.74) is 8.32. The number of anilines is 1. The highest BCUT2D eigenvalue weighted by atomic mass is 32.1. The number of nitrogens with two attached hydrogens (primary N) is 1. The highest BCUT2D eigenvalue weighted by molar-refractivity contribution is 7.17. The van der Waals surface area contributed by atoms with Crippen molar-refractivity contribution in [1.29, 1.82) is 0 Å². The zero-order valence-electron chi connectivity index (χ0n) is 15.6. The number of nitrogens with zero attached hydrogens (tertiary/aromatic N) is 3. The Kier molecular flexibility index (Phi) is 5.15. The van der Waals surface area contributed by atoms with E-state index in [-0.39, 0.29) is 5.91 Å². The van der Waals surface area contributed by atoms with Gasteiger partial charge in [0.2, 0.25) is 0 Å². The molecule has 2 amide bonds. The molecule has 3 N–H and O–H groups in total. The molecule has 0 saturated heterocycles. The fraction of sp³-hybridized carbons (Fsp3) is 0.500. The van der Waals surface area contributed by atoms with Gasteiger partial charge in [-0.25, -0.2) is 0 Å². The zero-order valence-corrected chi connectivity index (χ0v) is 16.4. The van der Waals surface area contributed by atoms with Crippen molar-refractivity contribution < 1.29 is 9.59 Å². The van der Waals surface area contributed by atoms with Crippen LogP contribution in [-0.4, -0.2) is 39.1 Å². The minimum Gasteiger partial charge on any atom is -0.365 e. The Balaban J connectivity index is 1.90. The van der Waals surface area contributed by atoms with Gasteiger partial charge in [-0.3, -0.25) is 19.2 Å². The highest BCUT2D eigenvalue weighted by Gasteiger charge is 2.29. The summed E-state index contributed by atoms with van der Waals surface area (Å²) in [4.78, 5) is 28.1. The molecule has 3 rings (SSSR count). The Hall–Kier alpha value is -2.19.